The summed E-state index contributed by atoms with van der Waals surface area (Å²) in [6.45, 7) is 6.18. The van der Waals surface area contributed by atoms with E-state index >= 15 is 0 Å². The minimum Gasteiger partial charge on any atom is -0.207 e. The monoisotopic (exact) mass is 190 g/mol. The lowest BCUT2D eigenvalue weighted by molar-refractivity contribution is 0.627. The van der Waals surface area contributed by atoms with Gasteiger partial charge >= 0.3 is 0 Å². The Hall–Kier alpha value is -1.29. The summed E-state index contributed by atoms with van der Waals surface area (Å²) >= 11 is 0. The Morgan fingerprint density at radius 1 is 1.36 bits per heavy atom. The average molecular weight is 190 g/mol. The van der Waals surface area contributed by atoms with Gasteiger partial charge in [0.15, 0.2) is 0 Å². The van der Waals surface area contributed by atoms with Gasteiger partial charge in [-0.2, -0.15) is 0 Å². The molecule has 0 heterocycles. The summed E-state index contributed by atoms with van der Waals surface area (Å²) in [5.41, 5.74) is 1.83. The maximum Gasteiger partial charge on any atom is 0.124 e. The van der Waals surface area contributed by atoms with Crippen LogP contribution in [0.2, 0.25) is 0 Å². The highest BCUT2D eigenvalue weighted by atomic mass is 19.1. The zero-order chi connectivity index (χ0) is 10.6. The van der Waals surface area contributed by atoms with Crippen molar-refractivity contribution in [3.63, 3.8) is 0 Å². The Bertz CT molecular complexity index is 367. The van der Waals surface area contributed by atoms with Crippen LogP contribution < -0.4 is 0 Å². The van der Waals surface area contributed by atoms with Gasteiger partial charge < -0.3 is 0 Å². The Labute approximate surface area is 85.2 Å². The van der Waals surface area contributed by atoms with Crippen LogP contribution in [0.3, 0.4) is 0 Å². The van der Waals surface area contributed by atoms with Gasteiger partial charge in [0.05, 0.1) is 0 Å². The molecule has 0 aliphatic heterocycles. The van der Waals surface area contributed by atoms with Gasteiger partial charge in [0.25, 0.3) is 0 Å². The van der Waals surface area contributed by atoms with Crippen molar-refractivity contribution >= 4 is 0 Å². The SMILES string of the molecule is Cc1ccc(F)cc1C#CCC(C)C. The predicted molar refractivity (Wildman–Crippen MR) is 57.5 cm³/mol. The summed E-state index contributed by atoms with van der Waals surface area (Å²) in [5.74, 6) is 6.40. The van der Waals surface area contributed by atoms with Crippen LogP contribution in [0.4, 0.5) is 4.39 Å². The number of rotatable bonds is 1. The fourth-order valence-corrected chi connectivity index (χ4v) is 1.08. The largest absolute Gasteiger partial charge is 0.207 e. The maximum atomic E-state index is 12.9. The van der Waals surface area contributed by atoms with Gasteiger partial charge in [-0.15, -0.1) is 0 Å². The summed E-state index contributed by atoms with van der Waals surface area (Å²) in [6.07, 6.45) is 0.857. The quantitative estimate of drug-likeness (QED) is 0.594. The molecule has 0 radical (unpaired) electrons. The van der Waals surface area contributed by atoms with Crippen LogP contribution in [0.25, 0.3) is 0 Å². The van der Waals surface area contributed by atoms with E-state index in [-0.39, 0.29) is 5.82 Å². The molecule has 0 spiro atoms. The number of hydrogen-bond acceptors (Lipinski definition) is 0. The highest BCUT2D eigenvalue weighted by Crippen LogP contribution is 2.08. The molecule has 0 saturated carbocycles. The molecule has 0 unspecified atom stereocenters. The van der Waals surface area contributed by atoms with E-state index in [4.69, 9.17) is 0 Å². The van der Waals surface area contributed by atoms with Gasteiger partial charge in [-0.3, -0.25) is 0 Å². The topological polar surface area (TPSA) is 0 Å². The molecule has 1 aromatic carbocycles. The summed E-state index contributed by atoms with van der Waals surface area (Å²) in [7, 11) is 0. The summed E-state index contributed by atoms with van der Waals surface area (Å²) in [6, 6.07) is 4.71. The highest BCUT2D eigenvalue weighted by molar-refractivity contribution is 5.40. The van der Waals surface area contributed by atoms with Crippen LogP contribution in [0.5, 0.6) is 0 Å². The molecule has 0 bridgehead atoms. The zero-order valence-corrected chi connectivity index (χ0v) is 8.89. The Morgan fingerprint density at radius 3 is 2.71 bits per heavy atom. The van der Waals surface area contributed by atoms with E-state index in [1.165, 1.54) is 12.1 Å². The van der Waals surface area contributed by atoms with Crippen molar-refractivity contribution < 1.29 is 4.39 Å². The second-order valence-corrected chi connectivity index (χ2v) is 3.86. The van der Waals surface area contributed by atoms with Crippen molar-refractivity contribution in [3.05, 3.63) is 35.1 Å². The lowest BCUT2D eigenvalue weighted by Crippen LogP contribution is -1.86. The first-order valence-corrected chi connectivity index (χ1v) is 4.84. The molecule has 0 nitrogen and oxygen atoms in total. The van der Waals surface area contributed by atoms with Crippen LogP contribution >= 0.6 is 0 Å². The van der Waals surface area contributed by atoms with E-state index in [1.807, 2.05) is 6.92 Å². The molecule has 1 rings (SSSR count). The van der Waals surface area contributed by atoms with E-state index < -0.39 is 0 Å². The van der Waals surface area contributed by atoms with E-state index in [0.717, 1.165) is 17.5 Å². The number of benzene rings is 1. The van der Waals surface area contributed by atoms with Gasteiger partial charge in [-0.1, -0.05) is 31.8 Å². The van der Waals surface area contributed by atoms with Crippen LogP contribution in [0, 0.1) is 30.5 Å². The lowest BCUT2D eigenvalue weighted by atomic mass is 10.1. The highest BCUT2D eigenvalue weighted by Gasteiger charge is 1.96. The molecule has 0 N–H and O–H groups in total. The van der Waals surface area contributed by atoms with Crippen molar-refractivity contribution in [2.75, 3.05) is 0 Å². The molecule has 0 saturated heterocycles. The van der Waals surface area contributed by atoms with Crippen LogP contribution in [-0.2, 0) is 0 Å². The molecule has 14 heavy (non-hydrogen) atoms. The van der Waals surface area contributed by atoms with E-state index in [1.54, 1.807) is 6.07 Å². The molecule has 1 heteroatoms. The second-order valence-electron chi connectivity index (χ2n) is 3.86. The van der Waals surface area contributed by atoms with Crippen molar-refractivity contribution in [3.8, 4) is 11.8 Å². The Balaban J connectivity index is 2.83. The third kappa shape index (κ3) is 3.22. The Morgan fingerprint density at radius 2 is 2.07 bits per heavy atom. The molecular weight excluding hydrogens is 175 g/mol. The fraction of sp³-hybridized carbons (Fsp3) is 0.385. The van der Waals surface area contributed by atoms with Crippen molar-refractivity contribution in [2.45, 2.75) is 27.2 Å². The van der Waals surface area contributed by atoms with Crippen LogP contribution in [0.15, 0.2) is 18.2 Å². The second kappa shape index (κ2) is 4.81. The molecule has 0 atom stereocenters. The minimum atomic E-state index is -0.218. The van der Waals surface area contributed by atoms with Gasteiger partial charge in [-0.25, -0.2) is 4.39 Å². The number of halogens is 1. The van der Waals surface area contributed by atoms with Crippen molar-refractivity contribution in [1.82, 2.24) is 0 Å². The molecule has 0 aliphatic carbocycles. The maximum absolute atomic E-state index is 12.9. The molecule has 74 valence electrons. The van der Waals surface area contributed by atoms with E-state index in [9.17, 15) is 4.39 Å². The normalized spacial score (nSPS) is 9.79. The minimum absolute atomic E-state index is 0.218. The van der Waals surface area contributed by atoms with Crippen LogP contribution in [-0.4, -0.2) is 0 Å². The molecular formula is C13H15F. The van der Waals surface area contributed by atoms with Crippen LogP contribution in [0.1, 0.15) is 31.4 Å². The smallest absolute Gasteiger partial charge is 0.124 e. The van der Waals surface area contributed by atoms with Gasteiger partial charge in [-0.05, 0) is 30.5 Å². The predicted octanol–water partition coefficient (Wildman–Crippen LogP) is 3.53. The molecule has 0 aromatic heterocycles. The average Bonchev–Trinajstić information content (AvgIpc) is 2.10. The molecule has 0 amide bonds. The molecule has 1 aromatic rings. The Kier molecular flexibility index (Phi) is 3.71. The van der Waals surface area contributed by atoms with Gasteiger partial charge in [0.1, 0.15) is 5.82 Å². The first-order chi connectivity index (χ1) is 6.59. The molecule has 0 fully saturated rings. The molecule has 0 aliphatic rings. The number of hydrogen-bond donors (Lipinski definition) is 0. The van der Waals surface area contributed by atoms with Crippen molar-refractivity contribution in [1.29, 1.82) is 0 Å². The van der Waals surface area contributed by atoms with Gasteiger partial charge in [0.2, 0.25) is 0 Å². The van der Waals surface area contributed by atoms with E-state index in [2.05, 4.69) is 25.7 Å². The first-order valence-electron chi connectivity index (χ1n) is 4.84. The third-order valence-corrected chi connectivity index (χ3v) is 1.93. The fourth-order valence-electron chi connectivity index (χ4n) is 1.08. The summed E-state index contributed by atoms with van der Waals surface area (Å²) in [5, 5.41) is 0. The lowest BCUT2D eigenvalue weighted by Gasteiger charge is -1.97. The number of aryl methyl sites for hydroxylation is 1. The first kappa shape index (κ1) is 10.8. The summed E-state index contributed by atoms with van der Waals surface area (Å²) in [4.78, 5) is 0. The summed E-state index contributed by atoms with van der Waals surface area (Å²) < 4.78 is 12.9. The van der Waals surface area contributed by atoms with Gasteiger partial charge in [0, 0.05) is 12.0 Å². The standard InChI is InChI=1S/C13H15F/c1-10(2)5-4-6-12-9-13(14)8-7-11(12)3/h7-10H,5H2,1-3H3. The van der Waals surface area contributed by atoms with Crippen molar-refractivity contribution in [2.24, 2.45) is 5.92 Å². The van der Waals surface area contributed by atoms with E-state index in [0.29, 0.717) is 5.92 Å². The third-order valence-electron chi connectivity index (χ3n) is 1.93. The zero-order valence-electron chi connectivity index (χ0n) is 8.89.